The van der Waals surface area contributed by atoms with Crippen LogP contribution in [0.3, 0.4) is 0 Å². The number of hydrogen-bond acceptors (Lipinski definition) is 6. The van der Waals surface area contributed by atoms with Crippen molar-refractivity contribution in [1.82, 2.24) is 4.57 Å². The maximum absolute atomic E-state index is 14.5. The summed E-state index contributed by atoms with van der Waals surface area (Å²) >= 11 is 1.24. The summed E-state index contributed by atoms with van der Waals surface area (Å²) < 4.78 is 28.0. The van der Waals surface area contributed by atoms with E-state index in [1.807, 2.05) is 78.9 Å². The van der Waals surface area contributed by atoms with Crippen LogP contribution in [-0.4, -0.2) is 17.6 Å². The third-order valence-corrected chi connectivity index (χ3v) is 9.26. The fraction of sp³-hybridized carbons (Fsp3) is 0.103. The molecule has 5 aromatic carbocycles. The second-order valence-corrected chi connectivity index (χ2v) is 12.3. The molecule has 7 rings (SSSR count). The maximum Gasteiger partial charge on any atom is 0.271 e. The Balaban J connectivity index is 1.37. The van der Waals surface area contributed by atoms with Crippen LogP contribution in [0.5, 0.6) is 11.5 Å². The van der Waals surface area contributed by atoms with Crippen molar-refractivity contribution in [3.8, 4) is 11.5 Å². The number of carbonyl (C=O) groups is 1. The molecule has 1 N–H and O–H groups in total. The zero-order valence-corrected chi connectivity index (χ0v) is 27.0. The number of carbonyl (C=O) groups excluding carboxylic acids is 1. The fourth-order valence-corrected chi connectivity index (χ4v) is 6.91. The first-order chi connectivity index (χ1) is 23.4. The second kappa shape index (κ2) is 13.1. The van der Waals surface area contributed by atoms with Crippen LogP contribution in [0, 0.1) is 5.82 Å². The SMILES string of the molecule is COc1ccc([C@@H]2C(C(=O)Nc3ccccc3)=C(C)N=c3s/c(=C/c4c(OCc5ccccc5F)ccc5ccccc45)c(=O)n32)cc1. The molecule has 0 fully saturated rings. The van der Waals surface area contributed by atoms with E-state index in [4.69, 9.17) is 14.5 Å². The Bertz CT molecular complexity index is 2380. The maximum atomic E-state index is 14.5. The first-order valence-corrected chi connectivity index (χ1v) is 16.1. The summed E-state index contributed by atoms with van der Waals surface area (Å²) in [5.41, 5.74) is 3.05. The van der Waals surface area contributed by atoms with Gasteiger partial charge in [0.25, 0.3) is 11.5 Å². The van der Waals surface area contributed by atoms with Crippen molar-refractivity contribution in [3.63, 3.8) is 0 Å². The lowest BCUT2D eigenvalue weighted by atomic mass is 9.95. The third kappa shape index (κ3) is 5.91. The highest BCUT2D eigenvalue weighted by Crippen LogP contribution is 2.33. The van der Waals surface area contributed by atoms with Gasteiger partial charge in [0, 0.05) is 16.8 Å². The number of rotatable bonds is 8. The lowest BCUT2D eigenvalue weighted by Gasteiger charge is -2.25. The molecule has 6 aromatic rings. The van der Waals surface area contributed by atoms with Crippen molar-refractivity contribution in [1.29, 1.82) is 0 Å². The summed E-state index contributed by atoms with van der Waals surface area (Å²) in [4.78, 5) is 33.6. The molecule has 7 nitrogen and oxygen atoms in total. The molecular formula is C39H30FN3O4S. The number of benzene rings is 5. The number of para-hydroxylation sites is 1. The van der Waals surface area contributed by atoms with E-state index in [-0.39, 0.29) is 23.9 Å². The normalized spacial score (nSPS) is 14.4. The largest absolute Gasteiger partial charge is 0.497 e. The average Bonchev–Trinajstić information content (AvgIpc) is 3.41. The number of hydrogen-bond donors (Lipinski definition) is 1. The van der Waals surface area contributed by atoms with Gasteiger partial charge < -0.3 is 14.8 Å². The van der Waals surface area contributed by atoms with E-state index in [9.17, 15) is 14.0 Å². The summed E-state index contributed by atoms with van der Waals surface area (Å²) in [6, 6.07) is 33.8. The first kappa shape index (κ1) is 30.8. The van der Waals surface area contributed by atoms with Crippen LogP contribution >= 0.6 is 11.3 Å². The Labute approximate surface area is 279 Å². The average molecular weight is 656 g/mol. The summed E-state index contributed by atoms with van der Waals surface area (Å²) in [5.74, 6) is 0.458. The van der Waals surface area contributed by atoms with Crippen LogP contribution in [0.15, 0.2) is 136 Å². The van der Waals surface area contributed by atoms with E-state index >= 15 is 0 Å². The third-order valence-electron chi connectivity index (χ3n) is 8.28. The predicted octanol–water partition coefficient (Wildman–Crippen LogP) is 6.75. The van der Waals surface area contributed by atoms with Gasteiger partial charge in [0.1, 0.15) is 23.9 Å². The van der Waals surface area contributed by atoms with Crippen LogP contribution in [0.4, 0.5) is 10.1 Å². The molecule has 1 amide bonds. The number of nitrogens with one attached hydrogen (secondary N) is 1. The van der Waals surface area contributed by atoms with Crippen molar-refractivity contribution in [2.24, 2.45) is 4.99 Å². The van der Waals surface area contributed by atoms with Crippen molar-refractivity contribution >= 4 is 39.8 Å². The minimum Gasteiger partial charge on any atom is -0.497 e. The molecule has 2 heterocycles. The second-order valence-electron chi connectivity index (χ2n) is 11.3. The van der Waals surface area contributed by atoms with E-state index in [0.29, 0.717) is 48.9 Å². The van der Waals surface area contributed by atoms with E-state index < -0.39 is 6.04 Å². The number of fused-ring (bicyclic) bond motifs is 2. The number of ether oxygens (including phenoxy) is 2. The molecule has 0 unspecified atom stereocenters. The minimum atomic E-state index is -0.748. The summed E-state index contributed by atoms with van der Waals surface area (Å²) in [7, 11) is 1.59. The fourth-order valence-electron chi connectivity index (χ4n) is 5.89. The highest BCUT2D eigenvalue weighted by Gasteiger charge is 2.32. The van der Waals surface area contributed by atoms with Gasteiger partial charge >= 0.3 is 0 Å². The molecule has 9 heteroatoms. The Morgan fingerprint density at radius 3 is 2.44 bits per heavy atom. The molecule has 0 spiro atoms. The van der Waals surface area contributed by atoms with Gasteiger partial charge in [-0.3, -0.25) is 14.2 Å². The number of thiazole rings is 1. The number of methoxy groups -OCH3 is 1. The lowest BCUT2D eigenvalue weighted by molar-refractivity contribution is -0.113. The van der Waals surface area contributed by atoms with Gasteiger partial charge in [0.15, 0.2) is 4.80 Å². The van der Waals surface area contributed by atoms with Crippen molar-refractivity contribution in [3.05, 3.63) is 169 Å². The lowest BCUT2D eigenvalue weighted by Crippen LogP contribution is -2.40. The van der Waals surface area contributed by atoms with E-state index in [0.717, 1.165) is 16.3 Å². The molecule has 0 saturated heterocycles. The predicted molar refractivity (Wildman–Crippen MR) is 187 cm³/mol. The van der Waals surface area contributed by atoms with Gasteiger partial charge in [-0.25, -0.2) is 9.38 Å². The van der Waals surface area contributed by atoms with Crippen LogP contribution < -0.4 is 29.7 Å². The van der Waals surface area contributed by atoms with E-state index in [1.54, 1.807) is 55.0 Å². The van der Waals surface area contributed by atoms with E-state index in [2.05, 4.69) is 5.32 Å². The van der Waals surface area contributed by atoms with Crippen LogP contribution in [0.2, 0.25) is 0 Å². The molecular weight excluding hydrogens is 626 g/mol. The summed E-state index contributed by atoms with van der Waals surface area (Å²) in [6.45, 7) is 1.80. The number of anilines is 1. The van der Waals surface area contributed by atoms with Crippen LogP contribution in [0.25, 0.3) is 16.8 Å². The number of halogens is 1. The zero-order valence-electron chi connectivity index (χ0n) is 26.1. The molecule has 1 aromatic heterocycles. The van der Waals surface area contributed by atoms with Crippen LogP contribution in [-0.2, 0) is 11.4 Å². The Morgan fingerprint density at radius 1 is 0.938 bits per heavy atom. The Kier molecular flexibility index (Phi) is 8.44. The van der Waals surface area contributed by atoms with Crippen molar-refractivity contribution < 1.29 is 18.7 Å². The topological polar surface area (TPSA) is 81.9 Å². The highest BCUT2D eigenvalue weighted by atomic mass is 32.1. The van der Waals surface area contributed by atoms with Gasteiger partial charge in [-0.15, -0.1) is 0 Å². The minimum absolute atomic E-state index is 0.0175. The number of amides is 1. The van der Waals surface area contributed by atoms with Crippen molar-refractivity contribution in [2.45, 2.75) is 19.6 Å². The quantitative estimate of drug-likeness (QED) is 0.197. The van der Waals surface area contributed by atoms with Gasteiger partial charge in [0.05, 0.1) is 29.0 Å². The number of nitrogens with zero attached hydrogens (tertiary/aromatic N) is 2. The van der Waals surface area contributed by atoms with Gasteiger partial charge in [-0.2, -0.15) is 0 Å². The molecule has 238 valence electrons. The van der Waals surface area contributed by atoms with Crippen LogP contribution in [0.1, 0.15) is 29.7 Å². The smallest absolute Gasteiger partial charge is 0.271 e. The molecule has 1 atom stereocenters. The standard InChI is InChI=1S/C39H30FN3O4S/c1-24-35(37(44)42-28-12-4-3-5-13-28)36(26-16-19-29(46-2)20-17-26)43-38(45)34(48-39(43)41-24)22-31-30-14-8-6-10-25(30)18-21-33(31)47-23-27-11-7-9-15-32(27)40/h3-22,36H,23H2,1-2H3,(H,42,44)/b34-22+/t36-/m1/s1. The molecule has 48 heavy (non-hydrogen) atoms. The molecule has 0 radical (unpaired) electrons. The monoisotopic (exact) mass is 655 g/mol. The molecule has 0 saturated carbocycles. The van der Waals surface area contributed by atoms with Gasteiger partial charge in [-0.05, 0) is 65.7 Å². The molecule has 1 aliphatic heterocycles. The summed E-state index contributed by atoms with van der Waals surface area (Å²) in [6.07, 6.45) is 1.80. The van der Waals surface area contributed by atoms with Crippen molar-refractivity contribution in [2.75, 3.05) is 12.4 Å². The Morgan fingerprint density at radius 2 is 1.67 bits per heavy atom. The van der Waals surface area contributed by atoms with Gasteiger partial charge in [0.2, 0.25) is 0 Å². The van der Waals surface area contributed by atoms with Gasteiger partial charge in [-0.1, -0.05) is 90.2 Å². The zero-order chi connectivity index (χ0) is 33.2. The first-order valence-electron chi connectivity index (χ1n) is 15.3. The number of aromatic nitrogens is 1. The summed E-state index contributed by atoms with van der Waals surface area (Å²) in [5, 5.41) is 4.81. The molecule has 0 aliphatic carbocycles. The Hall–Kier alpha value is -5.80. The number of allylic oxidation sites excluding steroid dienone is 1. The molecule has 1 aliphatic rings. The molecule has 0 bridgehead atoms. The highest BCUT2D eigenvalue weighted by molar-refractivity contribution is 7.07. The van der Waals surface area contributed by atoms with E-state index in [1.165, 1.54) is 17.4 Å².